The van der Waals surface area contributed by atoms with E-state index in [1.54, 1.807) is 42.7 Å². The first-order chi connectivity index (χ1) is 17.0. The Kier molecular flexibility index (Phi) is 5.42. The Balaban J connectivity index is 1.41. The van der Waals surface area contributed by atoms with E-state index in [1.807, 2.05) is 18.5 Å². The van der Waals surface area contributed by atoms with Gasteiger partial charge >= 0.3 is 0 Å². The third-order valence-electron chi connectivity index (χ3n) is 7.12. The molecule has 0 aliphatic carbocycles. The van der Waals surface area contributed by atoms with Gasteiger partial charge in [0.1, 0.15) is 5.52 Å². The predicted octanol–water partition coefficient (Wildman–Crippen LogP) is 4.71. The van der Waals surface area contributed by atoms with Crippen LogP contribution in [0.25, 0.3) is 22.1 Å². The van der Waals surface area contributed by atoms with Crippen LogP contribution in [0.4, 0.5) is 0 Å². The van der Waals surface area contributed by atoms with Gasteiger partial charge in [0.2, 0.25) is 0 Å². The van der Waals surface area contributed by atoms with Gasteiger partial charge in [0.15, 0.2) is 5.65 Å². The van der Waals surface area contributed by atoms with Crippen LogP contribution in [0.15, 0.2) is 90.3 Å². The Bertz CT molecular complexity index is 1590. The summed E-state index contributed by atoms with van der Waals surface area (Å²) in [6.07, 6.45) is 6.26. The van der Waals surface area contributed by atoms with E-state index in [1.165, 1.54) is 9.54 Å². The van der Waals surface area contributed by atoms with Gasteiger partial charge < -0.3 is 4.57 Å². The molecule has 8 heteroatoms. The highest BCUT2D eigenvalue weighted by molar-refractivity contribution is 7.90. The van der Waals surface area contributed by atoms with E-state index in [2.05, 4.69) is 50.6 Å². The highest BCUT2D eigenvalue weighted by Gasteiger charge is 2.30. The normalized spacial score (nSPS) is 19.5. The van der Waals surface area contributed by atoms with Crippen molar-refractivity contribution in [1.29, 1.82) is 0 Å². The van der Waals surface area contributed by atoms with Crippen molar-refractivity contribution in [2.45, 2.75) is 30.8 Å². The number of fused-ring (bicyclic) bond motifs is 3. The lowest BCUT2D eigenvalue weighted by molar-refractivity contribution is 0.128. The first-order valence-electron chi connectivity index (χ1n) is 11.9. The Hall–Kier alpha value is -3.49. The van der Waals surface area contributed by atoms with Gasteiger partial charge in [-0.25, -0.2) is 22.4 Å². The van der Waals surface area contributed by atoms with E-state index < -0.39 is 10.0 Å². The van der Waals surface area contributed by atoms with Gasteiger partial charge in [0.25, 0.3) is 10.0 Å². The van der Waals surface area contributed by atoms with E-state index >= 15 is 0 Å². The minimum atomic E-state index is -3.75. The van der Waals surface area contributed by atoms with Gasteiger partial charge in [-0.2, -0.15) is 0 Å². The molecular formula is C27H27N5O2S. The van der Waals surface area contributed by atoms with Crippen LogP contribution in [0.2, 0.25) is 0 Å². The third kappa shape index (κ3) is 3.83. The van der Waals surface area contributed by atoms with Crippen LogP contribution in [0.5, 0.6) is 0 Å². The molecule has 0 radical (unpaired) electrons. The van der Waals surface area contributed by atoms with E-state index in [-0.39, 0.29) is 10.9 Å². The van der Waals surface area contributed by atoms with Crippen LogP contribution >= 0.6 is 0 Å². The fourth-order valence-electron chi connectivity index (χ4n) is 5.20. The topological polar surface area (TPSA) is 73.0 Å². The molecule has 1 saturated heterocycles. The van der Waals surface area contributed by atoms with Gasteiger partial charge in [-0.05, 0) is 42.6 Å². The maximum absolute atomic E-state index is 13.3. The fraction of sp³-hybridized carbons (Fsp3) is 0.259. The lowest BCUT2D eigenvalue weighted by atomic mass is 9.92. The molecule has 1 aliphatic rings. The number of benzene rings is 2. The van der Waals surface area contributed by atoms with Gasteiger partial charge in [0.05, 0.1) is 29.0 Å². The van der Waals surface area contributed by atoms with Crippen molar-refractivity contribution in [2.24, 2.45) is 5.92 Å². The predicted molar refractivity (Wildman–Crippen MR) is 137 cm³/mol. The Labute approximate surface area is 204 Å². The second kappa shape index (κ2) is 8.62. The molecule has 2 atom stereocenters. The zero-order valence-corrected chi connectivity index (χ0v) is 20.3. The Morgan fingerprint density at radius 3 is 2.49 bits per heavy atom. The van der Waals surface area contributed by atoms with E-state index in [0.29, 0.717) is 11.6 Å². The van der Waals surface area contributed by atoms with Crippen molar-refractivity contribution < 1.29 is 8.42 Å². The second-order valence-corrected chi connectivity index (χ2v) is 11.2. The molecule has 2 aromatic carbocycles. The number of piperidine rings is 1. The molecule has 0 spiro atoms. The molecule has 5 aromatic rings. The monoisotopic (exact) mass is 485 g/mol. The number of nitrogens with zero attached hydrogens (tertiary/aromatic N) is 5. The van der Waals surface area contributed by atoms with Crippen molar-refractivity contribution in [3.8, 4) is 0 Å². The molecular weight excluding hydrogens is 458 g/mol. The summed E-state index contributed by atoms with van der Waals surface area (Å²) >= 11 is 0. The third-order valence-corrected chi connectivity index (χ3v) is 8.80. The van der Waals surface area contributed by atoms with Gasteiger partial charge in [-0.1, -0.05) is 55.5 Å². The first-order valence-corrected chi connectivity index (χ1v) is 13.4. The van der Waals surface area contributed by atoms with Crippen LogP contribution in [-0.2, 0) is 16.6 Å². The average Bonchev–Trinajstić information content (AvgIpc) is 3.51. The number of rotatable bonds is 5. The number of hydrogen-bond donors (Lipinski definition) is 0. The number of hydrogen-bond acceptors (Lipinski definition) is 5. The molecule has 2 unspecified atom stereocenters. The highest BCUT2D eigenvalue weighted by atomic mass is 32.2. The molecule has 6 rings (SSSR count). The summed E-state index contributed by atoms with van der Waals surface area (Å²) in [5.74, 6) is 0.470. The quantitative estimate of drug-likeness (QED) is 0.361. The standard InChI is InChI=1S/C27H27N5O2S/c1-20-12-14-30(17-21-8-4-2-5-9-21)18-25(20)31-19-29-24-16-28-27-23(26(24)31)13-15-32(27)35(33,34)22-10-6-3-7-11-22/h2-11,13,15-16,19-20,25H,12,14,17-18H2,1H3. The van der Waals surface area contributed by atoms with Gasteiger partial charge in [-0.15, -0.1) is 0 Å². The molecule has 35 heavy (non-hydrogen) atoms. The van der Waals surface area contributed by atoms with Crippen molar-refractivity contribution in [3.05, 3.63) is 91.0 Å². The van der Waals surface area contributed by atoms with E-state index in [9.17, 15) is 8.42 Å². The van der Waals surface area contributed by atoms with Crippen LogP contribution < -0.4 is 0 Å². The molecule has 0 saturated carbocycles. The Morgan fingerprint density at radius 2 is 1.71 bits per heavy atom. The zero-order valence-electron chi connectivity index (χ0n) is 19.5. The Morgan fingerprint density at radius 1 is 0.971 bits per heavy atom. The molecule has 178 valence electrons. The smallest absolute Gasteiger partial charge is 0.269 e. The first kappa shape index (κ1) is 22.0. The molecule has 0 N–H and O–H groups in total. The summed E-state index contributed by atoms with van der Waals surface area (Å²) in [5.41, 5.74) is 3.45. The number of aromatic nitrogens is 4. The number of likely N-dealkylation sites (tertiary alicyclic amines) is 1. The molecule has 1 aliphatic heterocycles. The SMILES string of the molecule is CC1CCN(Cc2ccccc2)CC1n1cnc2cnc3c(ccn3S(=O)(=O)c3ccccc3)c21. The maximum Gasteiger partial charge on any atom is 0.269 e. The second-order valence-electron chi connectivity index (χ2n) is 9.36. The summed E-state index contributed by atoms with van der Waals surface area (Å²) < 4.78 is 30.2. The number of imidazole rings is 1. The van der Waals surface area contributed by atoms with Crippen LogP contribution in [0, 0.1) is 5.92 Å². The lowest BCUT2D eigenvalue weighted by Crippen LogP contribution is -2.40. The van der Waals surface area contributed by atoms with E-state index in [0.717, 1.165) is 42.5 Å². The number of pyridine rings is 1. The summed E-state index contributed by atoms with van der Waals surface area (Å²) in [6.45, 7) is 5.18. The van der Waals surface area contributed by atoms with Crippen molar-refractivity contribution in [1.82, 2.24) is 23.4 Å². The van der Waals surface area contributed by atoms with Gasteiger partial charge in [-0.3, -0.25) is 4.90 Å². The van der Waals surface area contributed by atoms with Crippen LogP contribution in [0.3, 0.4) is 0 Å². The minimum absolute atomic E-state index is 0.233. The van der Waals surface area contributed by atoms with Crippen molar-refractivity contribution in [2.75, 3.05) is 13.1 Å². The van der Waals surface area contributed by atoms with E-state index in [4.69, 9.17) is 0 Å². The fourth-order valence-corrected chi connectivity index (χ4v) is 6.52. The maximum atomic E-state index is 13.3. The summed E-state index contributed by atoms with van der Waals surface area (Å²) in [6, 6.07) is 21.1. The molecule has 0 bridgehead atoms. The zero-order chi connectivity index (χ0) is 24.0. The lowest BCUT2D eigenvalue weighted by Gasteiger charge is -2.38. The highest BCUT2D eigenvalue weighted by Crippen LogP contribution is 2.34. The largest absolute Gasteiger partial charge is 0.325 e. The summed E-state index contributed by atoms with van der Waals surface area (Å²) in [7, 11) is -3.75. The van der Waals surface area contributed by atoms with Crippen LogP contribution in [-0.4, -0.2) is 44.9 Å². The van der Waals surface area contributed by atoms with Gasteiger partial charge in [0, 0.05) is 24.7 Å². The molecule has 7 nitrogen and oxygen atoms in total. The molecule has 0 amide bonds. The average molecular weight is 486 g/mol. The van der Waals surface area contributed by atoms with Crippen molar-refractivity contribution >= 4 is 32.1 Å². The molecule has 1 fully saturated rings. The molecule has 3 aromatic heterocycles. The van der Waals surface area contributed by atoms with Crippen molar-refractivity contribution in [3.63, 3.8) is 0 Å². The van der Waals surface area contributed by atoms with Crippen LogP contribution in [0.1, 0.15) is 24.9 Å². The summed E-state index contributed by atoms with van der Waals surface area (Å²) in [4.78, 5) is 11.9. The minimum Gasteiger partial charge on any atom is -0.325 e. The molecule has 4 heterocycles. The summed E-state index contributed by atoms with van der Waals surface area (Å²) in [5, 5.41) is 0.798.